The number of benzene rings is 3. The van der Waals surface area contributed by atoms with Crippen LogP contribution in [0.4, 0.5) is 10.7 Å². The molecule has 236 valence electrons. The number of hydrogen-bond donors (Lipinski definition) is 3. The molecule has 0 radical (unpaired) electrons. The summed E-state index contributed by atoms with van der Waals surface area (Å²) >= 11 is 2.77. The summed E-state index contributed by atoms with van der Waals surface area (Å²) in [6.07, 6.45) is 4.29. The highest BCUT2D eigenvalue weighted by Crippen LogP contribution is 2.40. The number of hydrogen-bond acceptors (Lipinski definition) is 7. The number of nitrogens with one attached hydrogen (secondary N) is 3. The average molecular weight is 654 g/mol. The third-order valence-corrected chi connectivity index (χ3v) is 9.51. The fraction of sp³-hybridized carbons (Fsp3) is 0.222. The van der Waals surface area contributed by atoms with Gasteiger partial charge in [0.1, 0.15) is 10.7 Å². The van der Waals surface area contributed by atoms with Crippen LogP contribution in [0, 0.1) is 5.92 Å². The van der Waals surface area contributed by atoms with E-state index in [1.165, 1.54) is 23.1 Å². The lowest BCUT2D eigenvalue weighted by molar-refractivity contribution is -0.114. The SMILES string of the molecule is CCOC(=O)c1c(NC(=O)CSc2cccc(NC(=O)/C(=C/c3ccccc3)NC(=O)c3ccccc3)c2)sc2c1CCC(C)C2. The summed E-state index contributed by atoms with van der Waals surface area (Å²) in [6.45, 7) is 4.23. The van der Waals surface area contributed by atoms with Crippen LogP contribution in [-0.4, -0.2) is 36.1 Å². The lowest BCUT2D eigenvalue weighted by atomic mass is 9.88. The predicted octanol–water partition coefficient (Wildman–Crippen LogP) is 7.19. The van der Waals surface area contributed by atoms with E-state index in [0.717, 1.165) is 40.2 Å². The standard InChI is InChI=1S/C36H35N3O5S2/c1-3-44-36(43)32-28-18-17-23(2)19-30(28)46-35(32)39-31(40)22-45-27-16-10-15-26(21-27)37-34(42)29(20-24-11-6-4-7-12-24)38-33(41)25-13-8-5-9-14-25/h4-16,20-21,23H,3,17-19,22H2,1-2H3,(H,37,42)(H,38,41)(H,39,40)/b29-20-. The fourth-order valence-corrected chi connectivity index (χ4v) is 7.26. The molecule has 1 aromatic heterocycles. The zero-order valence-corrected chi connectivity index (χ0v) is 27.3. The lowest BCUT2D eigenvalue weighted by Crippen LogP contribution is -2.30. The highest BCUT2D eigenvalue weighted by molar-refractivity contribution is 8.00. The van der Waals surface area contributed by atoms with E-state index < -0.39 is 17.8 Å². The summed E-state index contributed by atoms with van der Waals surface area (Å²) in [6, 6.07) is 25.1. The topological polar surface area (TPSA) is 114 Å². The number of carbonyl (C=O) groups is 4. The third-order valence-electron chi connectivity index (χ3n) is 7.35. The van der Waals surface area contributed by atoms with E-state index >= 15 is 0 Å². The molecule has 0 saturated carbocycles. The van der Waals surface area contributed by atoms with Crippen molar-refractivity contribution in [1.29, 1.82) is 0 Å². The molecule has 0 fully saturated rings. The smallest absolute Gasteiger partial charge is 0.341 e. The molecular weight excluding hydrogens is 619 g/mol. The molecule has 0 aliphatic heterocycles. The van der Waals surface area contributed by atoms with E-state index in [2.05, 4.69) is 22.9 Å². The van der Waals surface area contributed by atoms with Gasteiger partial charge in [-0.2, -0.15) is 0 Å². The summed E-state index contributed by atoms with van der Waals surface area (Å²) in [5.41, 5.74) is 3.25. The van der Waals surface area contributed by atoms with Gasteiger partial charge >= 0.3 is 5.97 Å². The van der Waals surface area contributed by atoms with E-state index in [4.69, 9.17) is 4.74 Å². The van der Waals surface area contributed by atoms with Gasteiger partial charge in [-0.3, -0.25) is 14.4 Å². The minimum atomic E-state index is -0.490. The molecule has 0 bridgehead atoms. The van der Waals surface area contributed by atoms with Crippen molar-refractivity contribution in [1.82, 2.24) is 5.32 Å². The van der Waals surface area contributed by atoms with Gasteiger partial charge in [0.15, 0.2) is 0 Å². The van der Waals surface area contributed by atoms with E-state index in [1.807, 2.05) is 42.5 Å². The van der Waals surface area contributed by atoms with Gasteiger partial charge in [-0.1, -0.05) is 61.5 Å². The molecule has 1 unspecified atom stereocenters. The van der Waals surface area contributed by atoms with Crippen LogP contribution >= 0.6 is 23.1 Å². The second-order valence-corrected chi connectivity index (χ2v) is 13.0. The number of amides is 3. The molecule has 8 nitrogen and oxygen atoms in total. The summed E-state index contributed by atoms with van der Waals surface area (Å²) < 4.78 is 5.32. The summed E-state index contributed by atoms with van der Waals surface area (Å²) in [4.78, 5) is 54.1. The number of thiophene rings is 1. The van der Waals surface area contributed by atoms with Gasteiger partial charge in [0.25, 0.3) is 11.8 Å². The maximum absolute atomic E-state index is 13.4. The van der Waals surface area contributed by atoms with E-state index in [-0.39, 0.29) is 24.0 Å². The molecule has 3 aromatic carbocycles. The Morgan fingerprint density at radius 1 is 0.957 bits per heavy atom. The summed E-state index contributed by atoms with van der Waals surface area (Å²) in [7, 11) is 0. The first-order valence-electron chi connectivity index (χ1n) is 15.1. The van der Waals surface area contributed by atoms with Gasteiger partial charge < -0.3 is 20.7 Å². The first-order valence-corrected chi connectivity index (χ1v) is 16.9. The molecule has 5 rings (SSSR count). The van der Waals surface area contributed by atoms with Gasteiger partial charge in [0.2, 0.25) is 5.91 Å². The van der Waals surface area contributed by atoms with E-state index in [9.17, 15) is 19.2 Å². The van der Waals surface area contributed by atoms with Crippen molar-refractivity contribution in [3.8, 4) is 0 Å². The molecule has 1 aliphatic rings. The van der Waals surface area contributed by atoms with Crippen LogP contribution in [0.3, 0.4) is 0 Å². The minimum Gasteiger partial charge on any atom is -0.462 e. The second-order valence-electron chi connectivity index (χ2n) is 10.9. The van der Waals surface area contributed by atoms with E-state index in [0.29, 0.717) is 27.7 Å². The van der Waals surface area contributed by atoms with Crippen LogP contribution in [0.1, 0.15) is 57.0 Å². The zero-order valence-electron chi connectivity index (χ0n) is 25.6. The number of rotatable bonds is 11. The quantitative estimate of drug-likeness (QED) is 0.0897. The Morgan fingerprint density at radius 3 is 2.43 bits per heavy atom. The third kappa shape index (κ3) is 8.52. The molecule has 1 aliphatic carbocycles. The van der Waals surface area contributed by atoms with Crippen molar-refractivity contribution in [3.05, 3.63) is 118 Å². The number of fused-ring (bicyclic) bond motifs is 1. The lowest BCUT2D eigenvalue weighted by Gasteiger charge is -2.18. The first-order chi connectivity index (χ1) is 22.3. The van der Waals surface area contributed by atoms with Crippen LogP contribution in [0.5, 0.6) is 0 Å². The molecule has 4 aromatic rings. The van der Waals surface area contributed by atoms with Crippen molar-refractivity contribution in [3.63, 3.8) is 0 Å². The van der Waals surface area contributed by atoms with Crippen LogP contribution in [0.15, 0.2) is 95.5 Å². The Bertz CT molecular complexity index is 1750. The monoisotopic (exact) mass is 653 g/mol. The maximum atomic E-state index is 13.4. The largest absolute Gasteiger partial charge is 0.462 e. The Kier molecular flexibility index (Phi) is 11.1. The highest BCUT2D eigenvalue weighted by Gasteiger charge is 2.29. The van der Waals surface area contributed by atoms with Gasteiger partial charge in [-0.25, -0.2) is 4.79 Å². The van der Waals surface area contributed by atoms with Crippen LogP contribution in [0.25, 0.3) is 6.08 Å². The maximum Gasteiger partial charge on any atom is 0.341 e. The molecule has 0 spiro atoms. The molecular formula is C36H35N3O5S2. The number of carbonyl (C=O) groups excluding carboxylic acids is 4. The number of ether oxygens (including phenoxy) is 1. The average Bonchev–Trinajstić information content (AvgIpc) is 3.41. The van der Waals surface area contributed by atoms with Crippen molar-refractivity contribution in [2.75, 3.05) is 23.0 Å². The second kappa shape index (κ2) is 15.6. The molecule has 10 heteroatoms. The highest BCUT2D eigenvalue weighted by atomic mass is 32.2. The fourth-order valence-electron chi connectivity index (χ4n) is 5.09. The molecule has 46 heavy (non-hydrogen) atoms. The van der Waals surface area contributed by atoms with Crippen LogP contribution < -0.4 is 16.0 Å². The zero-order chi connectivity index (χ0) is 32.5. The molecule has 1 heterocycles. The van der Waals surface area contributed by atoms with Gasteiger partial charge in [-0.05, 0) is 79.6 Å². The molecule has 0 saturated heterocycles. The van der Waals surface area contributed by atoms with Crippen LogP contribution in [0.2, 0.25) is 0 Å². The summed E-state index contributed by atoms with van der Waals surface area (Å²) in [5.74, 6) is -0.908. The molecule has 1 atom stereocenters. The Labute approximate surface area is 276 Å². The first kappa shape index (κ1) is 32.7. The molecule has 3 N–H and O–H groups in total. The van der Waals surface area contributed by atoms with Gasteiger partial charge in [0, 0.05) is 21.0 Å². The van der Waals surface area contributed by atoms with Crippen molar-refractivity contribution in [2.24, 2.45) is 5.92 Å². The Morgan fingerprint density at radius 2 is 1.70 bits per heavy atom. The number of thioether (sulfide) groups is 1. The summed E-state index contributed by atoms with van der Waals surface area (Å²) in [5, 5.41) is 9.10. The van der Waals surface area contributed by atoms with E-state index in [1.54, 1.807) is 55.5 Å². The van der Waals surface area contributed by atoms with Crippen molar-refractivity contribution in [2.45, 2.75) is 38.0 Å². The van der Waals surface area contributed by atoms with Crippen molar-refractivity contribution < 1.29 is 23.9 Å². The Balaban J connectivity index is 1.25. The van der Waals surface area contributed by atoms with Gasteiger partial charge in [0.05, 0.1) is 17.9 Å². The van der Waals surface area contributed by atoms with Crippen molar-refractivity contribution >= 4 is 63.6 Å². The Hall–Kier alpha value is -4.67. The normalized spacial score (nSPS) is 14.1. The molecule has 3 amide bonds. The number of anilines is 2. The van der Waals surface area contributed by atoms with Crippen LogP contribution in [-0.2, 0) is 27.2 Å². The van der Waals surface area contributed by atoms with Gasteiger partial charge in [-0.15, -0.1) is 23.1 Å². The number of esters is 1. The predicted molar refractivity (Wildman–Crippen MR) is 184 cm³/mol. The minimum absolute atomic E-state index is 0.0860.